The Labute approximate surface area is 117 Å². The topological polar surface area (TPSA) is 20.2 Å². The Hall–Kier alpha value is -0.560. The van der Waals surface area contributed by atoms with E-state index in [0.717, 1.165) is 19.3 Å². The van der Waals surface area contributed by atoms with Crippen molar-refractivity contribution in [3.05, 3.63) is 23.8 Å². The van der Waals surface area contributed by atoms with Crippen molar-refractivity contribution in [1.29, 1.82) is 0 Å². The Morgan fingerprint density at radius 2 is 1.95 bits per heavy atom. The van der Waals surface area contributed by atoms with Crippen LogP contribution in [0.3, 0.4) is 0 Å². The molecule has 4 aliphatic carbocycles. The van der Waals surface area contributed by atoms with Crippen molar-refractivity contribution in [3.63, 3.8) is 0 Å². The van der Waals surface area contributed by atoms with Gasteiger partial charge in [-0.15, -0.1) is 0 Å². The molecule has 2 bridgehead atoms. The summed E-state index contributed by atoms with van der Waals surface area (Å²) in [4.78, 5) is 0. The number of hydrogen-bond donors (Lipinski definition) is 1. The summed E-state index contributed by atoms with van der Waals surface area (Å²) in [5.41, 5.74) is 0.923. The lowest BCUT2D eigenvalue weighted by atomic mass is 9.49. The lowest BCUT2D eigenvalue weighted by Crippen LogP contribution is -2.57. The van der Waals surface area contributed by atoms with Gasteiger partial charge in [0, 0.05) is 5.41 Å². The first kappa shape index (κ1) is 13.4. The molecule has 1 nitrogen and oxygen atoms in total. The van der Waals surface area contributed by atoms with Crippen molar-refractivity contribution in [3.8, 4) is 0 Å². The Bertz CT molecular complexity index is 447. The van der Waals surface area contributed by atoms with E-state index in [1.165, 1.54) is 18.4 Å². The standard InChI is InChI=1S/C18H28O/c1-13(2)14-6-5-7-15(14)18(19)12-16(3)8-10-17(18,4)11-9-16/h7-8,10,13-14,19H,5-6,9,11-12H2,1-4H3/t14-,16+,17-,18+/m1/s1. The Balaban J connectivity index is 2.02. The monoisotopic (exact) mass is 260 g/mol. The molecule has 19 heavy (non-hydrogen) atoms. The largest absolute Gasteiger partial charge is 0.385 e. The van der Waals surface area contributed by atoms with Gasteiger partial charge in [0.1, 0.15) is 0 Å². The van der Waals surface area contributed by atoms with Crippen molar-refractivity contribution in [2.45, 2.75) is 65.4 Å². The zero-order valence-electron chi connectivity index (χ0n) is 12.9. The molecule has 0 aromatic carbocycles. The van der Waals surface area contributed by atoms with Gasteiger partial charge in [-0.1, -0.05) is 45.9 Å². The third-order valence-corrected chi connectivity index (χ3v) is 6.20. The number of hydrogen-bond acceptors (Lipinski definition) is 1. The van der Waals surface area contributed by atoms with Crippen molar-refractivity contribution < 1.29 is 5.11 Å². The Kier molecular flexibility index (Phi) is 2.81. The van der Waals surface area contributed by atoms with Crippen molar-refractivity contribution in [2.75, 3.05) is 0 Å². The van der Waals surface area contributed by atoms with E-state index in [1.807, 2.05) is 0 Å². The number of allylic oxidation sites excluding steroid dienone is 2. The first-order valence-electron chi connectivity index (χ1n) is 7.93. The molecule has 4 rings (SSSR count). The minimum Gasteiger partial charge on any atom is -0.385 e. The SMILES string of the molecule is CC(C)[C@H]1CCC=C1[C@@]1(O)C[C@@]2(C)C=C[C@]1(C)CC2. The van der Waals surface area contributed by atoms with E-state index in [9.17, 15) is 5.11 Å². The summed E-state index contributed by atoms with van der Waals surface area (Å²) in [5, 5.41) is 11.6. The number of rotatable bonds is 2. The number of fused-ring (bicyclic) bond motifs is 2. The lowest BCUT2D eigenvalue weighted by molar-refractivity contribution is -0.0984. The van der Waals surface area contributed by atoms with Gasteiger partial charge in [0.25, 0.3) is 0 Å². The molecule has 4 atom stereocenters. The molecular formula is C18H28O. The highest BCUT2D eigenvalue weighted by Gasteiger charge is 2.58. The molecule has 0 aliphatic heterocycles. The molecule has 0 heterocycles. The van der Waals surface area contributed by atoms with Gasteiger partial charge in [0.15, 0.2) is 0 Å². The van der Waals surface area contributed by atoms with Gasteiger partial charge in [-0.05, 0) is 54.9 Å². The van der Waals surface area contributed by atoms with Crippen molar-refractivity contribution >= 4 is 0 Å². The summed E-state index contributed by atoms with van der Waals surface area (Å²) < 4.78 is 0. The van der Waals surface area contributed by atoms with Gasteiger partial charge in [-0.25, -0.2) is 0 Å². The predicted octanol–water partition coefficient (Wildman–Crippen LogP) is 4.48. The van der Waals surface area contributed by atoms with E-state index in [0.29, 0.717) is 11.8 Å². The Morgan fingerprint density at radius 3 is 2.53 bits per heavy atom. The number of aliphatic hydroxyl groups is 1. The molecule has 0 aromatic rings. The molecule has 0 aromatic heterocycles. The van der Waals surface area contributed by atoms with E-state index in [4.69, 9.17) is 0 Å². The van der Waals surface area contributed by atoms with Crippen LogP contribution >= 0.6 is 0 Å². The zero-order chi connectivity index (χ0) is 13.9. The second kappa shape index (κ2) is 3.97. The second-order valence-corrected chi connectivity index (χ2v) is 8.03. The van der Waals surface area contributed by atoms with Gasteiger partial charge in [-0.2, -0.15) is 0 Å². The molecule has 1 N–H and O–H groups in total. The van der Waals surface area contributed by atoms with E-state index < -0.39 is 5.60 Å². The molecule has 1 fully saturated rings. The smallest absolute Gasteiger partial charge is 0.0955 e. The van der Waals surface area contributed by atoms with Gasteiger partial charge in [0.2, 0.25) is 0 Å². The first-order valence-corrected chi connectivity index (χ1v) is 7.93. The fourth-order valence-corrected chi connectivity index (χ4v) is 4.70. The molecular weight excluding hydrogens is 232 g/mol. The Morgan fingerprint density at radius 1 is 1.21 bits per heavy atom. The highest BCUT2D eigenvalue weighted by atomic mass is 16.3. The van der Waals surface area contributed by atoms with E-state index in [2.05, 4.69) is 45.9 Å². The summed E-state index contributed by atoms with van der Waals surface area (Å²) in [6.45, 7) is 9.17. The molecule has 0 unspecified atom stereocenters. The molecule has 0 radical (unpaired) electrons. The summed E-state index contributed by atoms with van der Waals surface area (Å²) >= 11 is 0. The van der Waals surface area contributed by atoms with Crippen LogP contribution in [0.4, 0.5) is 0 Å². The predicted molar refractivity (Wildman–Crippen MR) is 79.8 cm³/mol. The molecule has 1 heteroatoms. The molecule has 1 saturated carbocycles. The average molecular weight is 260 g/mol. The third kappa shape index (κ3) is 1.77. The van der Waals surface area contributed by atoms with Crippen LogP contribution < -0.4 is 0 Å². The summed E-state index contributed by atoms with van der Waals surface area (Å²) in [5.74, 6) is 1.22. The normalized spacial score (nSPS) is 48.9. The third-order valence-electron chi connectivity index (χ3n) is 6.20. The van der Waals surface area contributed by atoms with E-state index in [1.54, 1.807) is 0 Å². The highest BCUT2D eigenvalue weighted by Crippen LogP contribution is 2.61. The molecule has 0 spiro atoms. The van der Waals surface area contributed by atoms with Gasteiger partial charge >= 0.3 is 0 Å². The fourth-order valence-electron chi connectivity index (χ4n) is 4.70. The molecule has 0 amide bonds. The first-order chi connectivity index (χ1) is 8.80. The summed E-state index contributed by atoms with van der Waals surface area (Å²) in [7, 11) is 0. The second-order valence-electron chi connectivity index (χ2n) is 8.03. The van der Waals surface area contributed by atoms with Crippen LogP contribution in [0.1, 0.15) is 59.8 Å². The van der Waals surface area contributed by atoms with Crippen LogP contribution in [-0.2, 0) is 0 Å². The van der Waals surface area contributed by atoms with E-state index >= 15 is 0 Å². The fraction of sp³-hybridized carbons (Fsp3) is 0.778. The van der Waals surface area contributed by atoms with Crippen LogP contribution in [0.2, 0.25) is 0 Å². The highest BCUT2D eigenvalue weighted by molar-refractivity contribution is 5.36. The van der Waals surface area contributed by atoms with Crippen LogP contribution in [0.15, 0.2) is 23.8 Å². The van der Waals surface area contributed by atoms with Crippen LogP contribution in [-0.4, -0.2) is 10.7 Å². The maximum absolute atomic E-state index is 11.6. The van der Waals surface area contributed by atoms with Crippen LogP contribution in [0.5, 0.6) is 0 Å². The van der Waals surface area contributed by atoms with Gasteiger partial charge in [-0.3, -0.25) is 0 Å². The minimum absolute atomic E-state index is 0.0475. The molecule has 0 saturated heterocycles. The lowest BCUT2D eigenvalue weighted by Gasteiger charge is -2.58. The van der Waals surface area contributed by atoms with Crippen LogP contribution in [0.25, 0.3) is 0 Å². The summed E-state index contributed by atoms with van der Waals surface area (Å²) in [6, 6.07) is 0. The maximum atomic E-state index is 11.6. The minimum atomic E-state index is -0.597. The van der Waals surface area contributed by atoms with Crippen molar-refractivity contribution in [2.24, 2.45) is 22.7 Å². The maximum Gasteiger partial charge on any atom is 0.0955 e. The van der Waals surface area contributed by atoms with Gasteiger partial charge in [0.05, 0.1) is 5.60 Å². The molecule has 106 valence electrons. The quantitative estimate of drug-likeness (QED) is 0.726. The average Bonchev–Trinajstić information content (AvgIpc) is 2.82. The molecule has 4 aliphatic rings. The van der Waals surface area contributed by atoms with Crippen LogP contribution in [0, 0.1) is 22.7 Å². The zero-order valence-corrected chi connectivity index (χ0v) is 12.9. The van der Waals surface area contributed by atoms with Gasteiger partial charge < -0.3 is 5.11 Å². The van der Waals surface area contributed by atoms with Crippen molar-refractivity contribution in [1.82, 2.24) is 0 Å². The summed E-state index contributed by atoms with van der Waals surface area (Å²) in [6.07, 6.45) is 12.7. The van der Waals surface area contributed by atoms with E-state index in [-0.39, 0.29) is 10.8 Å².